The van der Waals surface area contributed by atoms with Crippen molar-refractivity contribution in [1.82, 2.24) is 10.2 Å². The SMILES string of the molecule is CCCCC(C)N1CC(c2ccccc2)NCC1CC. The fraction of sp³-hybridized carbons (Fsp3) is 0.667. The topological polar surface area (TPSA) is 15.3 Å². The molecule has 1 heterocycles. The van der Waals surface area contributed by atoms with Crippen molar-refractivity contribution in [3.8, 4) is 0 Å². The van der Waals surface area contributed by atoms with Gasteiger partial charge in [-0.25, -0.2) is 0 Å². The van der Waals surface area contributed by atoms with Crippen molar-refractivity contribution in [3.63, 3.8) is 0 Å². The Kier molecular flexibility index (Phi) is 6.06. The van der Waals surface area contributed by atoms with Gasteiger partial charge in [0, 0.05) is 31.2 Å². The molecule has 20 heavy (non-hydrogen) atoms. The third-order valence-corrected chi connectivity index (χ3v) is 4.68. The maximum absolute atomic E-state index is 3.74. The average Bonchev–Trinajstić information content (AvgIpc) is 2.52. The van der Waals surface area contributed by atoms with E-state index in [4.69, 9.17) is 0 Å². The smallest absolute Gasteiger partial charge is 0.0450 e. The number of piperazine rings is 1. The van der Waals surface area contributed by atoms with Gasteiger partial charge in [0.2, 0.25) is 0 Å². The van der Waals surface area contributed by atoms with Gasteiger partial charge in [-0.05, 0) is 25.3 Å². The first-order valence-electron chi connectivity index (χ1n) is 8.30. The Morgan fingerprint density at radius 3 is 2.65 bits per heavy atom. The van der Waals surface area contributed by atoms with E-state index in [1.807, 2.05) is 0 Å². The van der Waals surface area contributed by atoms with Crippen LogP contribution in [0.25, 0.3) is 0 Å². The second-order valence-electron chi connectivity index (χ2n) is 6.12. The lowest BCUT2D eigenvalue weighted by atomic mass is 9.97. The minimum atomic E-state index is 0.489. The van der Waals surface area contributed by atoms with Gasteiger partial charge in [-0.1, -0.05) is 57.0 Å². The summed E-state index contributed by atoms with van der Waals surface area (Å²) in [6, 6.07) is 12.8. The van der Waals surface area contributed by atoms with Crippen molar-refractivity contribution >= 4 is 0 Å². The van der Waals surface area contributed by atoms with Gasteiger partial charge in [0.15, 0.2) is 0 Å². The minimum absolute atomic E-state index is 0.489. The van der Waals surface area contributed by atoms with Gasteiger partial charge in [-0.15, -0.1) is 0 Å². The molecule has 1 saturated heterocycles. The van der Waals surface area contributed by atoms with E-state index in [2.05, 4.69) is 61.3 Å². The summed E-state index contributed by atoms with van der Waals surface area (Å²) in [5.74, 6) is 0. The van der Waals surface area contributed by atoms with Gasteiger partial charge in [0.05, 0.1) is 0 Å². The molecular weight excluding hydrogens is 244 g/mol. The van der Waals surface area contributed by atoms with Crippen molar-refractivity contribution in [2.24, 2.45) is 0 Å². The summed E-state index contributed by atoms with van der Waals surface area (Å²) in [5.41, 5.74) is 1.43. The second-order valence-corrected chi connectivity index (χ2v) is 6.12. The quantitative estimate of drug-likeness (QED) is 0.844. The van der Waals surface area contributed by atoms with Crippen LogP contribution in [0.3, 0.4) is 0 Å². The van der Waals surface area contributed by atoms with E-state index in [0.717, 1.165) is 13.1 Å². The molecule has 0 aliphatic carbocycles. The normalized spacial score (nSPS) is 25.6. The van der Waals surface area contributed by atoms with E-state index in [1.165, 1.54) is 31.2 Å². The van der Waals surface area contributed by atoms with E-state index in [-0.39, 0.29) is 0 Å². The van der Waals surface area contributed by atoms with Crippen molar-refractivity contribution < 1.29 is 0 Å². The molecule has 2 nitrogen and oxygen atoms in total. The zero-order chi connectivity index (χ0) is 14.4. The molecule has 0 saturated carbocycles. The largest absolute Gasteiger partial charge is 0.307 e. The van der Waals surface area contributed by atoms with E-state index in [0.29, 0.717) is 18.1 Å². The standard InChI is InChI=1S/C18H30N2/c1-4-6-10-15(3)20-14-18(19-13-17(20)5-2)16-11-8-7-9-12-16/h7-9,11-12,15,17-19H,4-6,10,13-14H2,1-3H3. The summed E-state index contributed by atoms with van der Waals surface area (Å²) in [5, 5.41) is 3.74. The first-order valence-corrected chi connectivity index (χ1v) is 8.30. The molecule has 1 aliphatic heterocycles. The molecule has 1 N–H and O–H groups in total. The predicted octanol–water partition coefficient (Wildman–Crippen LogP) is 3.99. The molecular formula is C18H30N2. The van der Waals surface area contributed by atoms with Gasteiger partial charge in [0.25, 0.3) is 0 Å². The summed E-state index contributed by atoms with van der Waals surface area (Å²) in [4.78, 5) is 2.74. The molecule has 1 fully saturated rings. The number of hydrogen-bond donors (Lipinski definition) is 1. The lowest BCUT2D eigenvalue weighted by Gasteiger charge is -2.43. The molecule has 112 valence electrons. The summed E-state index contributed by atoms with van der Waals surface area (Å²) in [7, 11) is 0. The Balaban J connectivity index is 2.03. The lowest BCUT2D eigenvalue weighted by molar-refractivity contribution is 0.0810. The van der Waals surface area contributed by atoms with Crippen LogP contribution in [0.5, 0.6) is 0 Å². The molecule has 2 rings (SSSR count). The fourth-order valence-corrected chi connectivity index (χ4v) is 3.31. The molecule has 0 spiro atoms. The highest BCUT2D eigenvalue weighted by Gasteiger charge is 2.30. The van der Waals surface area contributed by atoms with Gasteiger partial charge < -0.3 is 5.32 Å². The Bertz CT molecular complexity index is 376. The number of nitrogens with zero attached hydrogens (tertiary/aromatic N) is 1. The molecule has 0 radical (unpaired) electrons. The van der Waals surface area contributed by atoms with Crippen LogP contribution in [0, 0.1) is 0 Å². The van der Waals surface area contributed by atoms with Crippen molar-refractivity contribution in [2.45, 2.75) is 64.6 Å². The molecule has 0 aromatic heterocycles. The van der Waals surface area contributed by atoms with Crippen LogP contribution < -0.4 is 5.32 Å². The minimum Gasteiger partial charge on any atom is -0.307 e. The highest BCUT2D eigenvalue weighted by atomic mass is 15.2. The number of unbranched alkanes of at least 4 members (excludes halogenated alkanes) is 1. The van der Waals surface area contributed by atoms with Crippen LogP contribution in [-0.4, -0.2) is 30.1 Å². The Labute approximate surface area is 124 Å². The lowest BCUT2D eigenvalue weighted by Crippen LogP contribution is -2.55. The van der Waals surface area contributed by atoms with Gasteiger partial charge in [-0.2, -0.15) is 0 Å². The number of benzene rings is 1. The molecule has 3 atom stereocenters. The maximum atomic E-state index is 3.74. The van der Waals surface area contributed by atoms with Gasteiger partial charge in [0.1, 0.15) is 0 Å². The van der Waals surface area contributed by atoms with Crippen LogP contribution in [0.4, 0.5) is 0 Å². The first-order chi connectivity index (χ1) is 9.76. The van der Waals surface area contributed by atoms with Crippen molar-refractivity contribution in [3.05, 3.63) is 35.9 Å². The van der Waals surface area contributed by atoms with E-state index in [9.17, 15) is 0 Å². The second kappa shape index (κ2) is 7.80. The molecule has 1 aromatic carbocycles. The van der Waals surface area contributed by atoms with Crippen LogP contribution in [0.1, 0.15) is 58.1 Å². The van der Waals surface area contributed by atoms with Gasteiger partial charge in [-0.3, -0.25) is 4.90 Å². The first kappa shape index (κ1) is 15.5. The van der Waals surface area contributed by atoms with E-state index < -0.39 is 0 Å². The number of hydrogen-bond acceptors (Lipinski definition) is 2. The zero-order valence-corrected chi connectivity index (χ0v) is 13.3. The highest BCUT2D eigenvalue weighted by molar-refractivity contribution is 5.20. The maximum Gasteiger partial charge on any atom is 0.0450 e. The van der Waals surface area contributed by atoms with Crippen LogP contribution in [0.15, 0.2) is 30.3 Å². The van der Waals surface area contributed by atoms with E-state index >= 15 is 0 Å². The molecule has 0 bridgehead atoms. The molecule has 0 amide bonds. The zero-order valence-electron chi connectivity index (χ0n) is 13.3. The molecule has 3 unspecified atom stereocenters. The summed E-state index contributed by atoms with van der Waals surface area (Å²) in [6.07, 6.45) is 5.21. The highest BCUT2D eigenvalue weighted by Crippen LogP contribution is 2.24. The predicted molar refractivity (Wildman–Crippen MR) is 87.0 cm³/mol. The number of nitrogens with one attached hydrogen (secondary N) is 1. The monoisotopic (exact) mass is 274 g/mol. The van der Waals surface area contributed by atoms with Crippen LogP contribution in [-0.2, 0) is 0 Å². The Morgan fingerprint density at radius 2 is 2.00 bits per heavy atom. The third kappa shape index (κ3) is 3.83. The molecule has 2 heteroatoms. The summed E-state index contributed by atoms with van der Waals surface area (Å²) < 4.78 is 0. The Morgan fingerprint density at radius 1 is 1.25 bits per heavy atom. The van der Waals surface area contributed by atoms with Crippen molar-refractivity contribution in [2.75, 3.05) is 13.1 Å². The Hall–Kier alpha value is -0.860. The van der Waals surface area contributed by atoms with Crippen molar-refractivity contribution in [1.29, 1.82) is 0 Å². The van der Waals surface area contributed by atoms with E-state index in [1.54, 1.807) is 0 Å². The molecule has 1 aromatic rings. The van der Waals surface area contributed by atoms with Gasteiger partial charge >= 0.3 is 0 Å². The molecule has 1 aliphatic rings. The van der Waals surface area contributed by atoms with Crippen LogP contribution in [0.2, 0.25) is 0 Å². The third-order valence-electron chi connectivity index (χ3n) is 4.68. The summed E-state index contributed by atoms with van der Waals surface area (Å²) in [6.45, 7) is 9.27. The summed E-state index contributed by atoms with van der Waals surface area (Å²) >= 11 is 0. The van der Waals surface area contributed by atoms with Crippen LogP contribution >= 0.6 is 0 Å². The fourth-order valence-electron chi connectivity index (χ4n) is 3.31. The number of rotatable bonds is 6. The average molecular weight is 274 g/mol.